The number of hydrogen-bond acceptors (Lipinski definition) is 6. The molecule has 2 amide bonds. The predicted molar refractivity (Wildman–Crippen MR) is 124 cm³/mol. The largest absolute Gasteiger partial charge is 0.490 e. The molecule has 1 saturated heterocycles. The highest BCUT2D eigenvalue weighted by atomic mass is 16.5. The molecule has 0 atom stereocenters. The van der Waals surface area contributed by atoms with Gasteiger partial charge in [-0.05, 0) is 50.1 Å². The molecule has 1 fully saturated rings. The van der Waals surface area contributed by atoms with Crippen molar-refractivity contribution in [3.05, 3.63) is 48.0 Å². The van der Waals surface area contributed by atoms with E-state index >= 15 is 0 Å². The summed E-state index contributed by atoms with van der Waals surface area (Å²) in [6, 6.07) is 13.2. The van der Waals surface area contributed by atoms with Gasteiger partial charge in [-0.25, -0.2) is 0 Å². The normalized spacial score (nSPS) is 13.4. The first kappa shape index (κ1) is 23.4. The molecule has 8 nitrogen and oxygen atoms in total. The summed E-state index contributed by atoms with van der Waals surface area (Å²) in [7, 11) is 0. The molecule has 32 heavy (non-hydrogen) atoms. The van der Waals surface area contributed by atoms with E-state index in [2.05, 4.69) is 15.5 Å². The smallest absolute Gasteiger partial charge is 0.313 e. The van der Waals surface area contributed by atoms with Gasteiger partial charge in [0.2, 0.25) is 0 Å². The number of carbonyl (C=O) groups is 2. The maximum absolute atomic E-state index is 12.4. The van der Waals surface area contributed by atoms with Crippen molar-refractivity contribution in [2.24, 2.45) is 0 Å². The second-order valence-electron chi connectivity index (χ2n) is 7.22. The summed E-state index contributed by atoms with van der Waals surface area (Å²) in [6.45, 7) is 8.01. The van der Waals surface area contributed by atoms with Gasteiger partial charge in [0.25, 0.3) is 0 Å². The van der Waals surface area contributed by atoms with Crippen molar-refractivity contribution < 1.29 is 23.8 Å². The van der Waals surface area contributed by atoms with Gasteiger partial charge in [-0.2, -0.15) is 0 Å². The molecule has 0 aromatic heterocycles. The molecule has 8 heteroatoms. The number of hydrogen-bond donors (Lipinski definition) is 2. The van der Waals surface area contributed by atoms with Crippen molar-refractivity contribution in [2.75, 3.05) is 56.3 Å². The van der Waals surface area contributed by atoms with E-state index in [9.17, 15) is 9.59 Å². The summed E-state index contributed by atoms with van der Waals surface area (Å²) in [5, 5.41) is 5.42. The van der Waals surface area contributed by atoms with E-state index in [0.717, 1.165) is 24.3 Å². The molecule has 0 bridgehead atoms. The maximum Gasteiger partial charge on any atom is 0.313 e. The second kappa shape index (κ2) is 12.0. The van der Waals surface area contributed by atoms with E-state index in [1.54, 1.807) is 6.07 Å². The molecule has 0 spiro atoms. The van der Waals surface area contributed by atoms with Crippen LogP contribution in [0.5, 0.6) is 11.5 Å². The first-order valence-electron chi connectivity index (χ1n) is 11.0. The van der Waals surface area contributed by atoms with E-state index in [0.29, 0.717) is 56.6 Å². The summed E-state index contributed by atoms with van der Waals surface area (Å²) >= 11 is 0. The Hall–Kier alpha value is -3.26. The number of rotatable bonds is 9. The molecule has 1 aliphatic rings. The average molecular weight is 442 g/mol. The van der Waals surface area contributed by atoms with E-state index < -0.39 is 11.8 Å². The van der Waals surface area contributed by atoms with Crippen LogP contribution >= 0.6 is 0 Å². The summed E-state index contributed by atoms with van der Waals surface area (Å²) in [5.41, 5.74) is 2.48. The SMILES string of the molecule is CCOc1ccc(CCNC(=O)C(=O)Nc2ccccc2N2CCOCC2)cc1OCC. The lowest BCUT2D eigenvalue weighted by Gasteiger charge is -2.30. The Kier molecular flexibility index (Phi) is 8.74. The Bertz CT molecular complexity index is 912. The topological polar surface area (TPSA) is 89.1 Å². The highest BCUT2D eigenvalue weighted by Gasteiger charge is 2.19. The molecule has 1 aliphatic heterocycles. The van der Waals surface area contributed by atoms with Gasteiger partial charge in [0.15, 0.2) is 11.5 Å². The van der Waals surface area contributed by atoms with Crippen LogP contribution in [0.25, 0.3) is 0 Å². The Morgan fingerprint density at radius 1 is 0.969 bits per heavy atom. The third-order valence-corrected chi connectivity index (χ3v) is 5.02. The van der Waals surface area contributed by atoms with Crippen molar-refractivity contribution >= 4 is 23.2 Å². The minimum atomic E-state index is -0.688. The van der Waals surface area contributed by atoms with Crippen LogP contribution in [0.1, 0.15) is 19.4 Å². The number of amides is 2. The molecule has 172 valence electrons. The van der Waals surface area contributed by atoms with Crippen LogP contribution in [0.3, 0.4) is 0 Å². The van der Waals surface area contributed by atoms with Gasteiger partial charge in [0.05, 0.1) is 37.8 Å². The molecule has 1 heterocycles. The molecule has 0 unspecified atom stereocenters. The first-order chi connectivity index (χ1) is 15.6. The standard InChI is InChI=1S/C24H31N3O5/c1-3-31-21-10-9-18(17-22(21)32-4-2)11-12-25-23(28)24(29)26-19-7-5-6-8-20(19)27-13-15-30-16-14-27/h5-10,17H,3-4,11-16H2,1-2H3,(H,25,28)(H,26,29). The zero-order valence-corrected chi connectivity index (χ0v) is 18.7. The van der Waals surface area contributed by atoms with E-state index in [1.807, 2.05) is 50.2 Å². The second-order valence-corrected chi connectivity index (χ2v) is 7.22. The van der Waals surface area contributed by atoms with Gasteiger partial charge in [-0.3, -0.25) is 9.59 Å². The van der Waals surface area contributed by atoms with Gasteiger partial charge >= 0.3 is 11.8 Å². The lowest BCUT2D eigenvalue weighted by atomic mass is 10.1. The number of nitrogens with zero attached hydrogens (tertiary/aromatic N) is 1. The summed E-state index contributed by atoms with van der Waals surface area (Å²) in [6.07, 6.45) is 0.565. The van der Waals surface area contributed by atoms with Crippen LogP contribution in [0.2, 0.25) is 0 Å². The van der Waals surface area contributed by atoms with E-state index in [1.165, 1.54) is 0 Å². The van der Waals surface area contributed by atoms with Crippen molar-refractivity contribution in [3.8, 4) is 11.5 Å². The van der Waals surface area contributed by atoms with Crippen LogP contribution in [0.4, 0.5) is 11.4 Å². The number of benzene rings is 2. The average Bonchev–Trinajstić information content (AvgIpc) is 2.82. The number of carbonyl (C=O) groups excluding carboxylic acids is 2. The van der Waals surface area contributed by atoms with Gasteiger partial charge in [-0.15, -0.1) is 0 Å². The van der Waals surface area contributed by atoms with Gasteiger partial charge in [-0.1, -0.05) is 18.2 Å². The van der Waals surface area contributed by atoms with Crippen LogP contribution in [0.15, 0.2) is 42.5 Å². The lowest BCUT2D eigenvalue weighted by molar-refractivity contribution is -0.136. The molecule has 0 saturated carbocycles. The monoisotopic (exact) mass is 441 g/mol. The van der Waals surface area contributed by atoms with Gasteiger partial charge in [0, 0.05) is 19.6 Å². The fourth-order valence-electron chi connectivity index (χ4n) is 3.49. The predicted octanol–water partition coefficient (Wildman–Crippen LogP) is 2.62. The summed E-state index contributed by atoms with van der Waals surface area (Å²) in [4.78, 5) is 26.9. The molecule has 2 aromatic carbocycles. The first-order valence-corrected chi connectivity index (χ1v) is 11.0. The quantitative estimate of drug-likeness (QED) is 0.582. The van der Waals surface area contributed by atoms with Crippen molar-refractivity contribution in [1.82, 2.24) is 5.32 Å². The zero-order valence-electron chi connectivity index (χ0n) is 18.7. The molecule has 0 aliphatic carbocycles. The highest BCUT2D eigenvalue weighted by Crippen LogP contribution is 2.29. The van der Waals surface area contributed by atoms with Crippen molar-refractivity contribution in [3.63, 3.8) is 0 Å². The van der Waals surface area contributed by atoms with Crippen molar-refractivity contribution in [2.45, 2.75) is 20.3 Å². The number of anilines is 2. The van der Waals surface area contributed by atoms with E-state index in [4.69, 9.17) is 14.2 Å². The minimum Gasteiger partial charge on any atom is -0.490 e. The molecule has 0 radical (unpaired) electrons. The third kappa shape index (κ3) is 6.37. The Balaban J connectivity index is 1.54. The molecular weight excluding hydrogens is 410 g/mol. The van der Waals surface area contributed by atoms with Crippen molar-refractivity contribution in [1.29, 1.82) is 0 Å². The van der Waals surface area contributed by atoms with Crippen LogP contribution < -0.4 is 25.0 Å². The highest BCUT2D eigenvalue weighted by molar-refractivity contribution is 6.39. The molecule has 2 N–H and O–H groups in total. The minimum absolute atomic E-state index is 0.330. The third-order valence-electron chi connectivity index (χ3n) is 5.02. The lowest BCUT2D eigenvalue weighted by Crippen LogP contribution is -2.38. The van der Waals surface area contributed by atoms with E-state index in [-0.39, 0.29) is 0 Å². The summed E-state index contributed by atoms with van der Waals surface area (Å²) in [5.74, 6) is 0.0150. The zero-order chi connectivity index (χ0) is 22.8. The van der Waals surface area contributed by atoms with Crippen LogP contribution in [-0.4, -0.2) is 57.9 Å². The van der Waals surface area contributed by atoms with Crippen LogP contribution in [-0.2, 0) is 20.7 Å². The number of para-hydroxylation sites is 2. The van der Waals surface area contributed by atoms with Gasteiger partial charge in [0.1, 0.15) is 0 Å². The fourth-order valence-corrected chi connectivity index (χ4v) is 3.49. The number of morpholine rings is 1. The Morgan fingerprint density at radius 3 is 2.44 bits per heavy atom. The maximum atomic E-state index is 12.4. The fraction of sp³-hybridized carbons (Fsp3) is 0.417. The molecular formula is C24H31N3O5. The molecule has 3 rings (SSSR count). The Labute approximate surface area is 188 Å². The number of nitrogens with one attached hydrogen (secondary N) is 2. The number of ether oxygens (including phenoxy) is 3. The molecule has 2 aromatic rings. The van der Waals surface area contributed by atoms with Gasteiger partial charge < -0.3 is 29.7 Å². The summed E-state index contributed by atoms with van der Waals surface area (Å²) < 4.78 is 16.6. The van der Waals surface area contributed by atoms with Crippen LogP contribution in [0, 0.1) is 0 Å². The Morgan fingerprint density at radius 2 is 1.69 bits per heavy atom.